The van der Waals surface area contributed by atoms with Gasteiger partial charge in [-0.25, -0.2) is 8.42 Å². The highest BCUT2D eigenvalue weighted by Crippen LogP contribution is 2.27. The first-order valence-electron chi connectivity index (χ1n) is 12.5. The number of hydrogen-bond donors (Lipinski definition) is 1. The van der Waals surface area contributed by atoms with E-state index >= 15 is 0 Å². The van der Waals surface area contributed by atoms with Crippen LogP contribution >= 0.6 is 15.9 Å². The molecule has 1 N–H and O–H groups in total. The third-order valence-electron chi connectivity index (χ3n) is 6.35. The van der Waals surface area contributed by atoms with Gasteiger partial charge < -0.3 is 10.2 Å². The van der Waals surface area contributed by atoms with Gasteiger partial charge in [-0.05, 0) is 63.1 Å². The van der Waals surface area contributed by atoms with Gasteiger partial charge in [-0.1, -0.05) is 76.9 Å². The number of nitrogens with zero attached hydrogens (tertiary/aromatic N) is 2. The van der Waals surface area contributed by atoms with Gasteiger partial charge in [0.05, 0.1) is 10.6 Å². The maximum absolute atomic E-state index is 13.9. The van der Waals surface area contributed by atoms with Crippen molar-refractivity contribution in [2.45, 2.75) is 57.6 Å². The molecule has 3 aromatic carbocycles. The van der Waals surface area contributed by atoms with Gasteiger partial charge in [-0.15, -0.1) is 0 Å². The molecule has 202 valence electrons. The van der Waals surface area contributed by atoms with Gasteiger partial charge in [0.2, 0.25) is 11.8 Å². The number of benzene rings is 3. The van der Waals surface area contributed by atoms with Crippen LogP contribution in [0.5, 0.6) is 0 Å². The Morgan fingerprint density at radius 2 is 1.61 bits per heavy atom. The smallest absolute Gasteiger partial charge is 0.264 e. The highest BCUT2D eigenvalue weighted by atomic mass is 79.9. The molecule has 0 saturated heterocycles. The first kappa shape index (κ1) is 29.4. The van der Waals surface area contributed by atoms with Crippen LogP contribution < -0.4 is 9.62 Å². The topological polar surface area (TPSA) is 86.8 Å². The molecule has 2 amide bonds. The van der Waals surface area contributed by atoms with Crippen molar-refractivity contribution in [1.29, 1.82) is 0 Å². The number of halogens is 1. The molecule has 0 unspecified atom stereocenters. The van der Waals surface area contributed by atoms with E-state index in [0.29, 0.717) is 10.2 Å². The number of anilines is 1. The van der Waals surface area contributed by atoms with Crippen molar-refractivity contribution in [3.05, 3.63) is 94.5 Å². The molecule has 3 aromatic rings. The van der Waals surface area contributed by atoms with Gasteiger partial charge in [0.1, 0.15) is 12.6 Å². The number of carbonyl (C=O) groups excluding carboxylic acids is 2. The van der Waals surface area contributed by atoms with Crippen LogP contribution in [-0.2, 0) is 26.2 Å². The fourth-order valence-corrected chi connectivity index (χ4v) is 5.63. The molecule has 0 bridgehead atoms. The summed E-state index contributed by atoms with van der Waals surface area (Å²) >= 11 is 3.40. The molecular formula is C29H34BrN3O4S. The zero-order valence-electron chi connectivity index (χ0n) is 22.1. The summed E-state index contributed by atoms with van der Waals surface area (Å²) in [6.45, 7) is 7.19. The fourth-order valence-electron chi connectivity index (χ4n) is 3.82. The number of amides is 2. The van der Waals surface area contributed by atoms with Crippen LogP contribution in [0, 0.1) is 6.92 Å². The van der Waals surface area contributed by atoms with Gasteiger partial charge in [0.25, 0.3) is 10.0 Å². The molecule has 38 heavy (non-hydrogen) atoms. The lowest BCUT2D eigenvalue weighted by Gasteiger charge is -2.32. The fraction of sp³-hybridized carbons (Fsp3) is 0.310. The maximum Gasteiger partial charge on any atom is 0.264 e. The molecule has 0 heterocycles. The minimum Gasteiger partial charge on any atom is -0.352 e. The highest BCUT2D eigenvalue weighted by Gasteiger charge is 2.32. The van der Waals surface area contributed by atoms with Crippen LogP contribution in [0.1, 0.15) is 38.3 Å². The average molecular weight is 601 g/mol. The number of rotatable bonds is 11. The van der Waals surface area contributed by atoms with E-state index in [0.717, 1.165) is 21.9 Å². The van der Waals surface area contributed by atoms with Crippen molar-refractivity contribution >= 4 is 43.5 Å². The molecule has 0 spiro atoms. The van der Waals surface area contributed by atoms with E-state index in [1.54, 1.807) is 49.4 Å². The molecule has 9 heteroatoms. The zero-order valence-corrected chi connectivity index (χ0v) is 24.5. The van der Waals surface area contributed by atoms with Crippen LogP contribution in [-0.4, -0.2) is 43.8 Å². The van der Waals surface area contributed by atoms with Gasteiger partial charge >= 0.3 is 0 Å². The third-order valence-corrected chi connectivity index (χ3v) is 8.63. The maximum atomic E-state index is 13.9. The standard InChI is InChI=1S/C29H34BrN3O4S/c1-5-22(3)31-29(35)23(4)32(19-24-16-14-21(2)15-17-24)28(34)20-33(26-11-9-10-25(30)18-26)38(36,37)27-12-7-6-8-13-27/h6-18,22-23H,5,19-20H2,1-4H3,(H,31,35)/t22-,23+/m0/s1. The minimum absolute atomic E-state index is 0.0575. The number of aryl methyl sites for hydroxylation is 1. The Morgan fingerprint density at radius 1 is 0.947 bits per heavy atom. The van der Waals surface area contributed by atoms with Crippen LogP contribution in [0.3, 0.4) is 0 Å². The van der Waals surface area contributed by atoms with Crippen LogP contribution in [0.25, 0.3) is 0 Å². The molecule has 0 aliphatic rings. The lowest BCUT2D eigenvalue weighted by molar-refractivity contribution is -0.139. The van der Waals surface area contributed by atoms with E-state index in [4.69, 9.17) is 0 Å². The van der Waals surface area contributed by atoms with E-state index in [9.17, 15) is 18.0 Å². The van der Waals surface area contributed by atoms with E-state index in [-0.39, 0.29) is 23.4 Å². The van der Waals surface area contributed by atoms with Crippen LogP contribution in [0.2, 0.25) is 0 Å². The molecule has 0 aliphatic carbocycles. The lowest BCUT2D eigenvalue weighted by atomic mass is 10.1. The number of sulfonamides is 1. The number of hydrogen-bond acceptors (Lipinski definition) is 4. The quantitative estimate of drug-likeness (QED) is 0.324. The summed E-state index contributed by atoms with van der Waals surface area (Å²) in [5.74, 6) is -0.781. The Balaban J connectivity index is 2.01. The Bertz CT molecular complexity index is 1350. The second-order valence-corrected chi connectivity index (χ2v) is 12.1. The summed E-state index contributed by atoms with van der Waals surface area (Å²) in [5, 5.41) is 2.94. The molecule has 2 atom stereocenters. The van der Waals surface area contributed by atoms with Crippen molar-refractivity contribution < 1.29 is 18.0 Å². The Morgan fingerprint density at radius 3 is 2.21 bits per heavy atom. The molecular weight excluding hydrogens is 566 g/mol. The predicted molar refractivity (Wildman–Crippen MR) is 154 cm³/mol. The summed E-state index contributed by atoms with van der Waals surface area (Å²) in [5.41, 5.74) is 2.25. The summed E-state index contributed by atoms with van der Waals surface area (Å²) < 4.78 is 29.3. The van der Waals surface area contributed by atoms with Gasteiger partial charge in [-0.2, -0.15) is 0 Å². The Hall–Kier alpha value is -3.17. The van der Waals surface area contributed by atoms with E-state index in [1.165, 1.54) is 17.0 Å². The van der Waals surface area contributed by atoms with E-state index in [2.05, 4.69) is 21.2 Å². The second kappa shape index (κ2) is 13.1. The molecule has 0 radical (unpaired) electrons. The Kier molecular flexibility index (Phi) is 10.1. The Labute approximate surface area is 234 Å². The van der Waals surface area contributed by atoms with Crippen molar-refractivity contribution in [1.82, 2.24) is 10.2 Å². The lowest BCUT2D eigenvalue weighted by Crippen LogP contribution is -2.52. The average Bonchev–Trinajstić information content (AvgIpc) is 2.91. The molecule has 7 nitrogen and oxygen atoms in total. The normalized spacial score (nSPS) is 12.9. The van der Waals surface area contributed by atoms with E-state index < -0.39 is 28.5 Å². The summed E-state index contributed by atoms with van der Waals surface area (Å²) in [4.78, 5) is 28.5. The number of carbonyl (C=O) groups is 2. The second-order valence-electron chi connectivity index (χ2n) is 9.31. The third kappa shape index (κ3) is 7.45. The van der Waals surface area contributed by atoms with Gasteiger partial charge in [0, 0.05) is 17.1 Å². The van der Waals surface area contributed by atoms with Crippen molar-refractivity contribution in [2.75, 3.05) is 10.8 Å². The first-order chi connectivity index (χ1) is 18.0. The number of nitrogens with one attached hydrogen (secondary N) is 1. The summed E-state index contributed by atoms with van der Waals surface area (Å²) in [7, 11) is -4.08. The van der Waals surface area contributed by atoms with Crippen molar-refractivity contribution in [3.63, 3.8) is 0 Å². The molecule has 0 fully saturated rings. The zero-order chi connectivity index (χ0) is 27.9. The molecule has 3 rings (SSSR count). The highest BCUT2D eigenvalue weighted by molar-refractivity contribution is 9.10. The summed E-state index contributed by atoms with van der Waals surface area (Å²) in [6.07, 6.45) is 0.746. The van der Waals surface area contributed by atoms with Crippen LogP contribution in [0.15, 0.2) is 88.2 Å². The minimum atomic E-state index is -4.08. The molecule has 0 saturated carbocycles. The van der Waals surface area contributed by atoms with E-state index in [1.807, 2.05) is 45.0 Å². The van der Waals surface area contributed by atoms with Crippen LogP contribution in [0.4, 0.5) is 5.69 Å². The predicted octanol–water partition coefficient (Wildman–Crippen LogP) is 5.28. The van der Waals surface area contributed by atoms with Crippen molar-refractivity contribution in [3.8, 4) is 0 Å². The first-order valence-corrected chi connectivity index (χ1v) is 14.7. The molecule has 0 aromatic heterocycles. The summed E-state index contributed by atoms with van der Waals surface area (Å²) in [6, 6.07) is 21.6. The van der Waals surface area contributed by atoms with Crippen molar-refractivity contribution in [2.24, 2.45) is 0 Å². The SMILES string of the molecule is CC[C@H](C)NC(=O)[C@@H](C)N(Cc1ccc(C)cc1)C(=O)CN(c1cccc(Br)c1)S(=O)(=O)c1ccccc1. The van der Waals surface area contributed by atoms with Gasteiger partial charge in [0.15, 0.2) is 0 Å². The largest absolute Gasteiger partial charge is 0.352 e. The van der Waals surface area contributed by atoms with Gasteiger partial charge in [-0.3, -0.25) is 13.9 Å². The monoisotopic (exact) mass is 599 g/mol. The molecule has 0 aliphatic heterocycles.